The minimum absolute atomic E-state index is 0.134. The van der Waals surface area contributed by atoms with Crippen LogP contribution in [0.1, 0.15) is 16.9 Å². The molecule has 0 saturated carbocycles. The average molecular weight is 545 g/mol. The zero-order valence-corrected chi connectivity index (χ0v) is 22.1. The number of anilines is 2. The van der Waals surface area contributed by atoms with E-state index in [2.05, 4.69) is 61.8 Å². The third-order valence-corrected chi connectivity index (χ3v) is 7.76. The van der Waals surface area contributed by atoms with Gasteiger partial charge in [0.2, 0.25) is 0 Å². The van der Waals surface area contributed by atoms with Crippen molar-refractivity contribution in [3.63, 3.8) is 0 Å². The highest BCUT2D eigenvalue weighted by atomic mass is 32.2. The minimum atomic E-state index is -3.48. The molecule has 9 nitrogen and oxygen atoms in total. The molecule has 38 heavy (non-hydrogen) atoms. The van der Waals surface area contributed by atoms with Crippen molar-refractivity contribution in [1.82, 2.24) is 25.1 Å². The summed E-state index contributed by atoms with van der Waals surface area (Å²) in [7, 11) is -3.48. The maximum Gasteiger partial charge on any atom is 0.264 e. The van der Waals surface area contributed by atoms with Crippen LogP contribution in [-0.4, -0.2) is 53.1 Å². The number of hydrogen-bond acceptors (Lipinski definition) is 9. The molecule has 1 fully saturated rings. The Bertz CT molecular complexity index is 1790. The van der Waals surface area contributed by atoms with Gasteiger partial charge < -0.3 is 10.6 Å². The van der Waals surface area contributed by atoms with E-state index in [0.717, 1.165) is 37.9 Å². The predicted molar refractivity (Wildman–Crippen MR) is 149 cm³/mol. The van der Waals surface area contributed by atoms with Gasteiger partial charge in [-0.05, 0) is 29.8 Å². The zero-order valence-electron chi connectivity index (χ0n) is 20.5. The molecule has 0 radical (unpaired) electrons. The topological polar surface area (TPSA) is 111 Å². The first kappa shape index (κ1) is 24.5. The van der Waals surface area contributed by atoms with E-state index in [9.17, 15) is 8.42 Å². The molecule has 1 saturated heterocycles. The van der Waals surface area contributed by atoms with Gasteiger partial charge in [-0.1, -0.05) is 42.2 Å². The smallest absolute Gasteiger partial charge is 0.264 e. The van der Waals surface area contributed by atoms with Crippen LogP contribution in [0.15, 0.2) is 67.1 Å². The van der Waals surface area contributed by atoms with E-state index < -0.39 is 16.2 Å². The first-order valence-corrected chi connectivity index (χ1v) is 14.7. The van der Waals surface area contributed by atoms with Gasteiger partial charge in [-0.3, -0.25) is 8.86 Å². The molecule has 2 aromatic carbocycles. The molecule has 0 aliphatic carbocycles. The van der Waals surface area contributed by atoms with Gasteiger partial charge in [-0.15, -0.1) is 11.3 Å². The molecular formula is C27H24N6O3S2. The van der Waals surface area contributed by atoms with Gasteiger partial charge in [0.15, 0.2) is 0 Å². The summed E-state index contributed by atoms with van der Waals surface area (Å²) in [5, 5.41) is 13.1. The number of nitrogens with zero attached hydrogens (tertiary/aromatic N) is 4. The normalized spacial score (nSPS) is 17.5. The van der Waals surface area contributed by atoms with E-state index in [4.69, 9.17) is 4.18 Å². The van der Waals surface area contributed by atoms with Crippen molar-refractivity contribution in [1.29, 1.82) is 0 Å². The summed E-state index contributed by atoms with van der Waals surface area (Å²) in [5.41, 5.74) is 3.16. The molecule has 5 aromatic rings. The fourth-order valence-electron chi connectivity index (χ4n) is 4.49. The second kappa shape index (κ2) is 10.2. The molecule has 0 amide bonds. The average Bonchev–Trinajstić information content (AvgIpc) is 3.61. The van der Waals surface area contributed by atoms with Crippen molar-refractivity contribution in [2.45, 2.75) is 25.1 Å². The molecule has 0 bridgehead atoms. The molecule has 1 aliphatic rings. The van der Waals surface area contributed by atoms with Crippen LogP contribution in [0.3, 0.4) is 0 Å². The Labute approximate surface area is 224 Å². The Morgan fingerprint density at radius 3 is 2.89 bits per heavy atom. The minimum Gasteiger partial charge on any atom is -0.340 e. The maximum atomic E-state index is 11.4. The lowest BCUT2D eigenvalue weighted by Crippen LogP contribution is -2.21. The highest BCUT2D eigenvalue weighted by Crippen LogP contribution is 2.30. The Morgan fingerprint density at radius 1 is 1.18 bits per heavy atom. The molecule has 11 heteroatoms. The number of nitrogens with one attached hydrogen (secondary N) is 2. The largest absolute Gasteiger partial charge is 0.340 e. The van der Waals surface area contributed by atoms with E-state index in [0.29, 0.717) is 25.3 Å². The Kier molecular flexibility index (Phi) is 6.55. The standard InChI is InChI=1S/C27H24N6O3S2/c1-38(34,35)36-22-12-20(28-15-22)7-9-23-13-24-26(29-17-30-27(24)37-23)32-21-8-10-25-19(11-21)14-31-33(25)16-18-5-3-2-4-6-18/h2-6,8,10-11,13-14,17,20,22,28H,12,15-16H2,1H3,(H,29,30,32)/t20-,22-/m1/s1. The molecule has 192 valence electrons. The quantitative estimate of drug-likeness (QED) is 0.245. The number of rotatable bonds is 6. The third kappa shape index (κ3) is 5.54. The lowest BCUT2D eigenvalue weighted by atomic mass is 10.2. The summed E-state index contributed by atoms with van der Waals surface area (Å²) in [6.07, 6.45) is 4.60. The monoisotopic (exact) mass is 544 g/mol. The van der Waals surface area contributed by atoms with E-state index in [1.54, 1.807) is 6.33 Å². The van der Waals surface area contributed by atoms with Crippen LogP contribution in [0.25, 0.3) is 21.1 Å². The van der Waals surface area contributed by atoms with Crippen LogP contribution in [0, 0.1) is 11.8 Å². The van der Waals surface area contributed by atoms with E-state index in [1.165, 1.54) is 16.9 Å². The van der Waals surface area contributed by atoms with Crippen LogP contribution in [0.2, 0.25) is 0 Å². The highest BCUT2D eigenvalue weighted by Gasteiger charge is 2.26. The summed E-state index contributed by atoms with van der Waals surface area (Å²) in [6, 6.07) is 18.3. The van der Waals surface area contributed by atoms with Gasteiger partial charge in [-0.2, -0.15) is 13.5 Å². The van der Waals surface area contributed by atoms with Crippen molar-refractivity contribution >= 4 is 54.1 Å². The van der Waals surface area contributed by atoms with Gasteiger partial charge in [0.05, 0.1) is 46.9 Å². The summed E-state index contributed by atoms with van der Waals surface area (Å²) in [6.45, 7) is 1.16. The fourth-order valence-corrected chi connectivity index (χ4v) is 5.99. The van der Waals surface area contributed by atoms with Gasteiger partial charge in [0.25, 0.3) is 10.1 Å². The molecular weight excluding hydrogens is 520 g/mol. The number of hydrogen-bond donors (Lipinski definition) is 2. The number of thiophene rings is 1. The second-order valence-electron chi connectivity index (χ2n) is 9.13. The van der Waals surface area contributed by atoms with Gasteiger partial charge in [0, 0.05) is 24.0 Å². The number of fused-ring (bicyclic) bond motifs is 2. The lowest BCUT2D eigenvalue weighted by molar-refractivity contribution is 0.231. The Morgan fingerprint density at radius 2 is 2.05 bits per heavy atom. The number of aromatic nitrogens is 4. The van der Waals surface area contributed by atoms with E-state index in [1.807, 2.05) is 41.2 Å². The molecule has 2 atom stereocenters. The van der Waals surface area contributed by atoms with Crippen molar-refractivity contribution in [2.24, 2.45) is 0 Å². The zero-order chi connectivity index (χ0) is 26.1. The van der Waals surface area contributed by atoms with Crippen LogP contribution < -0.4 is 10.6 Å². The van der Waals surface area contributed by atoms with E-state index >= 15 is 0 Å². The van der Waals surface area contributed by atoms with Gasteiger partial charge >= 0.3 is 0 Å². The summed E-state index contributed by atoms with van der Waals surface area (Å²) in [5.74, 6) is 7.08. The van der Waals surface area contributed by atoms with Crippen molar-refractivity contribution in [3.8, 4) is 11.8 Å². The van der Waals surface area contributed by atoms with Crippen LogP contribution >= 0.6 is 11.3 Å². The van der Waals surface area contributed by atoms with Crippen molar-refractivity contribution in [2.75, 3.05) is 18.1 Å². The SMILES string of the molecule is CS(=O)(=O)O[C@H]1CN[C@H](C#Cc2cc3c(Nc4ccc5c(cnn5Cc5ccccc5)c4)ncnc3s2)C1. The van der Waals surface area contributed by atoms with E-state index in [-0.39, 0.29) is 6.04 Å². The molecule has 2 N–H and O–H groups in total. The molecule has 0 spiro atoms. The Hall–Kier alpha value is -3.82. The first-order chi connectivity index (χ1) is 18.4. The summed E-state index contributed by atoms with van der Waals surface area (Å²) < 4.78 is 29.8. The van der Waals surface area contributed by atoms with Crippen LogP contribution in [0.5, 0.6) is 0 Å². The first-order valence-electron chi connectivity index (χ1n) is 12.0. The Balaban J connectivity index is 1.19. The lowest BCUT2D eigenvalue weighted by Gasteiger charge is -2.08. The molecule has 6 rings (SSSR count). The van der Waals surface area contributed by atoms with Gasteiger partial charge in [-0.25, -0.2) is 9.97 Å². The fraction of sp³-hybridized carbons (Fsp3) is 0.222. The molecule has 0 unspecified atom stereocenters. The summed E-state index contributed by atoms with van der Waals surface area (Å²) >= 11 is 1.49. The molecule has 1 aliphatic heterocycles. The van der Waals surface area contributed by atoms with Crippen molar-refractivity contribution in [3.05, 3.63) is 77.6 Å². The van der Waals surface area contributed by atoms with Crippen LogP contribution in [-0.2, 0) is 20.8 Å². The molecule has 3 aromatic heterocycles. The molecule has 4 heterocycles. The second-order valence-corrected chi connectivity index (χ2v) is 11.8. The number of benzene rings is 2. The summed E-state index contributed by atoms with van der Waals surface area (Å²) in [4.78, 5) is 10.6. The highest BCUT2D eigenvalue weighted by molar-refractivity contribution is 7.86. The third-order valence-electron chi connectivity index (χ3n) is 6.18. The maximum absolute atomic E-state index is 11.4. The van der Waals surface area contributed by atoms with Crippen LogP contribution in [0.4, 0.5) is 11.5 Å². The van der Waals surface area contributed by atoms with Crippen molar-refractivity contribution < 1.29 is 12.6 Å². The van der Waals surface area contributed by atoms with Gasteiger partial charge in [0.1, 0.15) is 17.0 Å². The predicted octanol–water partition coefficient (Wildman–Crippen LogP) is 3.89.